The average molecular weight is 365 g/mol. The fourth-order valence-corrected chi connectivity index (χ4v) is 2.25. The van der Waals surface area contributed by atoms with Gasteiger partial charge in [0.15, 0.2) is 0 Å². The molecule has 0 unspecified atom stereocenters. The molecule has 25 heavy (non-hydrogen) atoms. The van der Waals surface area contributed by atoms with Crippen molar-refractivity contribution in [2.75, 3.05) is 37.8 Å². The summed E-state index contributed by atoms with van der Waals surface area (Å²) in [5.74, 6) is 0.491. The van der Waals surface area contributed by atoms with Gasteiger partial charge in [-0.2, -0.15) is 4.98 Å². The molecular formula is C16H21ClN6O2. The fraction of sp³-hybridized carbons (Fsp3) is 0.375. The average Bonchev–Trinajstić information content (AvgIpc) is 2.56. The van der Waals surface area contributed by atoms with Crippen LogP contribution in [0, 0.1) is 10.1 Å². The maximum absolute atomic E-state index is 11.2. The van der Waals surface area contributed by atoms with Crippen LogP contribution in [-0.2, 0) is 0 Å². The molecule has 8 nitrogen and oxygen atoms in total. The molecule has 2 N–H and O–H groups in total. The van der Waals surface area contributed by atoms with Gasteiger partial charge in [-0.1, -0.05) is 11.6 Å². The Morgan fingerprint density at radius 2 is 1.96 bits per heavy atom. The molecule has 0 atom stereocenters. The molecular weight excluding hydrogens is 344 g/mol. The van der Waals surface area contributed by atoms with Gasteiger partial charge in [0.05, 0.1) is 4.92 Å². The van der Waals surface area contributed by atoms with E-state index in [0.29, 0.717) is 11.6 Å². The second-order valence-electron chi connectivity index (χ2n) is 5.75. The van der Waals surface area contributed by atoms with Crippen molar-refractivity contribution in [3.8, 4) is 0 Å². The lowest BCUT2D eigenvalue weighted by Gasteiger charge is -2.11. The molecule has 0 saturated heterocycles. The van der Waals surface area contributed by atoms with Crippen molar-refractivity contribution in [1.82, 2.24) is 14.9 Å². The van der Waals surface area contributed by atoms with Gasteiger partial charge in [-0.05, 0) is 57.7 Å². The number of benzene rings is 1. The minimum absolute atomic E-state index is 0.144. The Bertz CT molecular complexity index is 708. The van der Waals surface area contributed by atoms with E-state index in [-0.39, 0.29) is 17.5 Å². The molecule has 0 fully saturated rings. The summed E-state index contributed by atoms with van der Waals surface area (Å²) in [6.07, 6.45) is 3.08. The van der Waals surface area contributed by atoms with Crippen LogP contribution < -0.4 is 10.6 Å². The minimum Gasteiger partial charge on any atom is -0.364 e. The number of anilines is 3. The first kappa shape index (κ1) is 18.9. The highest BCUT2D eigenvalue weighted by Gasteiger charge is 2.17. The molecule has 0 aliphatic carbocycles. The number of halogens is 1. The maximum atomic E-state index is 11.2. The lowest BCUT2D eigenvalue weighted by atomic mass is 10.3. The van der Waals surface area contributed by atoms with Crippen LogP contribution in [-0.4, -0.2) is 47.0 Å². The van der Waals surface area contributed by atoms with Gasteiger partial charge in [0, 0.05) is 17.3 Å². The van der Waals surface area contributed by atoms with Gasteiger partial charge >= 0.3 is 5.69 Å². The topological polar surface area (TPSA) is 96.2 Å². The third kappa shape index (κ3) is 6.17. The highest BCUT2D eigenvalue weighted by molar-refractivity contribution is 6.30. The summed E-state index contributed by atoms with van der Waals surface area (Å²) >= 11 is 5.85. The Balaban J connectivity index is 2.04. The van der Waals surface area contributed by atoms with Crippen LogP contribution in [0.15, 0.2) is 30.5 Å². The van der Waals surface area contributed by atoms with Gasteiger partial charge in [-0.15, -0.1) is 0 Å². The third-order valence-electron chi connectivity index (χ3n) is 3.39. The molecule has 1 heterocycles. The summed E-state index contributed by atoms with van der Waals surface area (Å²) in [6, 6.07) is 7.03. The number of nitrogens with zero attached hydrogens (tertiary/aromatic N) is 4. The first-order valence-electron chi connectivity index (χ1n) is 7.88. The standard InChI is InChI=1S/C16H21ClN6O2/c1-22(2)10-4-3-9-18-15-14(23(24)25)11-19-16(21-15)20-13-7-5-12(17)6-8-13/h5-8,11H,3-4,9-10H2,1-2H3,(H2,18,19,20,21). The van der Waals surface area contributed by atoms with Gasteiger partial charge in [-0.25, -0.2) is 4.98 Å². The summed E-state index contributed by atoms with van der Waals surface area (Å²) in [4.78, 5) is 21.0. The van der Waals surface area contributed by atoms with Gasteiger partial charge in [0.2, 0.25) is 11.8 Å². The van der Waals surface area contributed by atoms with Gasteiger partial charge in [-0.3, -0.25) is 10.1 Å². The highest BCUT2D eigenvalue weighted by Crippen LogP contribution is 2.24. The summed E-state index contributed by atoms with van der Waals surface area (Å²) in [6.45, 7) is 1.57. The number of nitro groups is 1. The quantitative estimate of drug-likeness (QED) is 0.399. The van der Waals surface area contributed by atoms with Crippen molar-refractivity contribution < 1.29 is 4.92 Å². The van der Waals surface area contributed by atoms with E-state index in [4.69, 9.17) is 11.6 Å². The molecule has 1 aromatic heterocycles. The minimum atomic E-state index is -0.492. The van der Waals surface area contributed by atoms with Crippen molar-refractivity contribution in [2.24, 2.45) is 0 Å². The van der Waals surface area contributed by atoms with Crippen molar-refractivity contribution >= 4 is 34.7 Å². The van der Waals surface area contributed by atoms with E-state index in [9.17, 15) is 10.1 Å². The van der Waals surface area contributed by atoms with Crippen LogP contribution in [0.25, 0.3) is 0 Å². The molecule has 2 rings (SSSR count). The first-order valence-corrected chi connectivity index (χ1v) is 8.26. The van der Waals surface area contributed by atoms with Gasteiger partial charge in [0.25, 0.3) is 0 Å². The van der Waals surface area contributed by atoms with E-state index in [1.165, 1.54) is 6.20 Å². The predicted octanol–water partition coefficient (Wildman–Crippen LogP) is 3.54. The summed E-state index contributed by atoms with van der Waals surface area (Å²) in [5, 5.41) is 17.8. The van der Waals surface area contributed by atoms with Crippen LogP contribution >= 0.6 is 11.6 Å². The number of hydrogen-bond donors (Lipinski definition) is 2. The first-order chi connectivity index (χ1) is 12.0. The van der Waals surface area contributed by atoms with Crippen molar-refractivity contribution in [1.29, 1.82) is 0 Å². The molecule has 0 saturated carbocycles. The molecule has 0 amide bonds. The van der Waals surface area contributed by atoms with Crippen molar-refractivity contribution in [3.63, 3.8) is 0 Å². The van der Waals surface area contributed by atoms with Crippen molar-refractivity contribution in [3.05, 3.63) is 45.6 Å². The Hall–Kier alpha value is -2.45. The molecule has 0 bridgehead atoms. The maximum Gasteiger partial charge on any atom is 0.329 e. The van der Waals surface area contributed by atoms with E-state index < -0.39 is 4.92 Å². The Morgan fingerprint density at radius 3 is 2.60 bits per heavy atom. The van der Waals surface area contributed by atoms with Crippen LogP contribution in [0.4, 0.5) is 23.1 Å². The number of rotatable bonds is 9. The zero-order valence-corrected chi connectivity index (χ0v) is 15.0. The number of aromatic nitrogens is 2. The number of hydrogen-bond acceptors (Lipinski definition) is 7. The molecule has 0 radical (unpaired) electrons. The second kappa shape index (κ2) is 9.14. The Labute approximate surface area is 151 Å². The molecule has 0 aliphatic rings. The van der Waals surface area contributed by atoms with Gasteiger partial charge < -0.3 is 15.5 Å². The van der Waals surface area contributed by atoms with E-state index in [0.717, 1.165) is 25.1 Å². The predicted molar refractivity (Wildman–Crippen MR) is 99.7 cm³/mol. The van der Waals surface area contributed by atoms with Gasteiger partial charge in [0.1, 0.15) is 6.20 Å². The molecule has 0 spiro atoms. The zero-order valence-electron chi connectivity index (χ0n) is 14.2. The van der Waals surface area contributed by atoms with E-state index >= 15 is 0 Å². The Kier molecular flexibility index (Phi) is 6.91. The molecule has 2 aromatic rings. The van der Waals surface area contributed by atoms with E-state index in [1.807, 2.05) is 14.1 Å². The van der Waals surface area contributed by atoms with Crippen LogP contribution in [0.3, 0.4) is 0 Å². The number of nitrogens with one attached hydrogen (secondary N) is 2. The smallest absolute Gasteiger partial charge is 0.329 e. The normalized spacial score (nSPS) is 10.7. The van der Waals surface area contributed by atoms with Crippen LogP contribution in [0.5, 0.6) is 0 Å². The lowest BCUT2D eigenvalue weighted by Crippen LogP contribution is -2.14. The SMILES string of the molecule is CN(C)CCCCNc1nc(Nc2ccc(Cl)cc2)ncc1[N+](=O)[O-]. The van der Waals surface area contributed by atoms with E-state index in [1.54, 1.807) is 24.3 Å². The highest BCUT2D eigenvalue weighted by atomic mass is 35.5. The zero-order chi connectivity index (χ0) is 18.2. The third-order valence-corrected chi connectivity index (χ3v) is 3.64. The Morgan fingerprint density at radius 1 is 1.24 bits per heavy atom. The summed E-state index contributed by atoms with van der Waals surface area (Å²) in [7, 11) is 4.02. The van der Waals surface area contributed by atoms with Crippen LogP contribution in [0.1, 0.15) is 12.8 Å². The van der Waals surface area contributed by atoms with Crippen molar-refractivity contribution in [2.45, 2.75) is 12.8 Å². The largest absolute Gasteiger partial charge is 0.364 e. The van der Waals surface area contributed by atoms with E-state index in [2.05, 4.69) is 25.5 Å². The second-order valence-corrected chi connectivity index (χ2v) is 6.19. The molecule has 9 heteroatoms. The molecule has 1 aromatic carbocycles. The van der Waals surface area contributed by atoms with Crippen LogP contribution in [0.2, 0.25) is 5.02 Å². The number of unbranched alkanes of at least 4 members (excludes halogenated alkanes) is 1. The summed E-state index contributed by atoms with van der Waals surface area (Å²) in [5.41, 5.74) is 0.601. The molecule has 134 valence electrons. The monoisotopic (exact) mass is 364 g/mol. The summed E-state index contributed by atoms with van der Waals surface area (Å²) < 4.78 is 0. The lowest BCUT2D eigenvalue weighted by molar-refractivity contribution is -0.384. The fourth-order valence-electron chi connectivity index (χ4n) is 2.12. The molecule has 0 aliphatic heterocycles.